The summed E-state index contributed by atoms with van der Waals surface area (Å²) in [6.07, 6.45) is 12.2. The van der Waals surface area contributed by atoms with Crippen molar-refractivity contribution in [3.8, 4) is 0 Å². The summed E-state index contributed by atoms with van der Waals surface area (Å²) < 4.78 is 0. The Morgan fingerprint density at radius 1 is 1.00 bits per heavy atom. The summed E-state index contributed by atoms with van der Waals surface area (Å²) in [6.45, 7) is 8.17. The fraction of sp³-hybridized carbons (Fsp3) is 1.00. The lowest BCUT2D eigenvalue weighted by Crippen LogP contribution is -2.36. The first-order valence-corrected chi connectivity index (χ1v) is 8.10. The van der Waals surface area contributed by atoms with Gasteiger partial charge < -0.3 is 10.4 Å². The molecule has 2 heteroatoms. The molecule has 0 bridgehead atoms. The van der Waals surface area contributed by atoms with E-state index in [0.29, 0.717) is 6.61 Å². The molecule has 1 aliphatic carbocycles. The number of nitrogens with one attached hydrogen (secondary N) is 1. The van der Waals surface area contributed by atoms with Crippen molar-refractivity contribution >= 4 is 0 Å². The maximum absolute atomic E-state index is 7.88. The van der Waals surface area contributed by atoms with Crippen LogP contribution in [0, 0.1) is 5.92 Å². The number of rotatable bonds is 5. The van der Waals surface area contributed by atoms with Crippen LogP contribution in [-0.4, -0.2) is 24.3 Å². The molecule has 2 unspecified atom stereocenters. The van der Waals surface area contributed by atoms with Gasteiger partial charge in [0.05, 0.1) is 0 Å². The number of hydrogen-bond acceptors (Lipinski definition) is 2. The Bertz CT molecular complexity index is 159. The highest BCUT2D eigenvalue weighted by molar-refractivity contribution is 4.75. The lowest BCUT2D eigenvalue weighted by atomic mass is 9.88. The first-order chi connectivity index (χ1) is 8.76. The van der Waals surface area contributed by atoms with Crippen molar-refractivity contribution in [1.82, 2.24) is 5.32 Å². The SMILES string of the molecule is CCCCNC1CCCCCCC1C.CCCO. The molecule has 18 heavy (non-hydrogen) atoms. The van der Waals surface area contributed by atoms with Crippen molar-refractivity contribution in [2.45, 2.75) is 84.6 Å². The molecule has 0 saturated heterocycles. The first-order valence-electron chi connectivity index (χ1n) is 8.10. The Labute approximate surface area is 115 Å². The zero-order valence-corrected chi connectivity index (χ0v) is 12.9. The molecule has 1 aliphatic rings. The van der Waals surface area contributed by atoms with Crippen molar-refractivity contribution in [2.24, 2.45) is 5.92 Å². The highest BCUT2D eigenvalue weighted by Gasteiger charge is 2.17. The molecule has 110 valence electrons. The van der Waals surface area contributed by atoms with Crippen LogP contribution in [0.5, 0.6) is 0 Å². The Hall–Kier alpha value is -0.0800. The predicted octanol–water partition coefficient (Wildman–Crippen LogP) is 4.12. The molecule has 1 saturated carbocycles. The zero-order chi connectivity index (χ0) is 13.6. The molecule has 0 aromatic heterocycles. The third-order valence-corrected chi connectivity index (χ3v) is 3.77. The highest BCUT2D eigenvalue weighted by Crippen LogP contribution is 2.22. The van der Waals surface area contributed by atoms with Gasteiger partial charge in [0.15, 0.2) is 0 Å². The predicted molar refractivity (Wildman–Crippen MR) is 80.9 cm³/mol. The largest absolute Gasteiger partial charge is 0.396 e. The standard InChI is InChI=1S/C13H27N.C3H8O/c1-3-4-11-14-13-10-8-6-5-7-9-12(13)2;1-2-3-4/h12-14H,3-11H2,1-2H3;4H,2-3H2,1H3. The van der Waals surface area contributed by atoms with Gasteiger partial charge >= 0.3 is 0 Å². The topological polar surface area (TPSA) is 32.3 Å². The van der Waals surface area contributed by atoms with Crippen LogP contribution in [0.4, 0.5) is 0 Å². The van der Waals surface area contributed by atoms with Crippen LogP contribution in [0.3, 0.4) is 0 Å². The molecule has 0 spiro atoms. The average Bonchev–Trinajstić information content (AvgIpc) is 2.38. The minimum absolute atomic E-state index is 0.319. The third kappa shape index (κ3) is 9.90. The second kappa shape index (κ2) is 13.4. The minimum Gasteiger partial charge on any atom is -0.396 e. The van der Waals surface area contributed by atoms with Crippen molar-refractivity contribution < 1.29 is 5.11 Å². The molecule has 0 aromatic rings. The number of unbranched alkanes of at least 4 members (excludes halogenated alkanes) is 1. The van der Waals surface area contributed by atoms with E-state index in [1.807, 2.05) is 6.92 Å². The maximum atomic E-state index is 7.88. The van der Waals surface area contributed by atoms with Crippen molar-refractivity contribution in [2.75, 3.05) is 13.2 Å². The zero-order valence-electron chi connectivity index (χ0n) is 12.9. The molecule has 0 aliphatic heterocycles. The van der Waals surface area contributed by atoms with E-state index < -0.39 is 0 Å². The molecule has 0 aromatic carbocycles. The summed E-state index contributed by atoms with van der Waals surface area (Å²) >= 11 is 0. The van der Waals surface area contributed by atoms with Crippen LogP contribution in [0.25, 0.3) is 0 Å². The smallest absolute Gasteiger partial charge is 0.0428 e. The molecule has 2 nitrogen and oxygen atoms in total. The van der Waals surface area contributed by atoms with E-state index in [-0.39, 0.29) is 0 Å². The van der Waals surface area contributed by atoms with Crippen LogP contribution >= 0.6 is 0 Å². The Balaban J connectivity index is 0.000000631. The van der Waals surface area contributed by atoms with E-state index >= 15 is 0 Å². The normalized spacial score (nSPS) is 24.7. The first kappa shape index (κ1) is 17.9. The van der Waals surface area contributed by atoms with Crippen molar-refractivity contribution in [3.63, 3.8) is 0 Å². The molecule has 1 fully saturated rings. The molecule has 1 rings (SSSR count). The fourth-order valence-electron chi connectivity index (χ4n) is 2.44. The van der Waals surface area contributed by atoms with Gasteiger partial charge in [0.25, 0.3) is 0 Å². The van der Waals surface area contributed by atoms with Gasteiger partial charge in [-0.15, -0.1) is 0 Å². The molecule has 0 radical (unpaired) electrons. The highest BCUT2D eigenvalue weighted by atomic mass is 16.2. The average molecular weight is 257 g/mol. The summed E-state index contributed by atoms with van der Waals surface area (Å²) in [5.41, 5.74) is 0. The third-order valence-electron chi connectivity index (χ3n) is 3.77. The van der Waals surface area contributed by atoms with Crippen LogP contribution in [0.2, 0.25) is 0 Å². The molecular weight excluding hydrogens is 222 g/mol. The second-order valence-electron chi connectivity index (χ2n) is 5.61. The molecule has 0 amide bonds. The summed E-state index contributed by atoms with van der Waals surface area (Å²) in [5, 5.41) is 11.6. The monoisotopic (exact) mass is 257 g/mol. The summed E-state index contributed by atoms with van der Waals surface area (Å²) in [5.74, 6) is 0.896. The lowest BCUT2D eigenvalue weighted by Gasteiger charge is -2.27. The minimum atomic E-state index is 0.319. The van der Waals surface area contributed by atoms with E-state index in [1.165, 1.54) is 57.9 Å². The summed E-state index contributed by atoms with van der Waals surface area (Å²) in [4.78, 5) is 0. The van der Waals surface area contributed by atoms with Crippen molar-refractivity contribution in [1.29, 1.82) is 0 Å². The fourth-order valence-corrected chi connectivity index (χ4v) is 2.44. The van der Waals surface area contributed by atoms with Gasteiger partial charge in [-0.25, -0.2) is 0 Å². The Morgan fingerprint density at radius 3 is 2.17 bits per heavy atom. The van der Waals surface area contributed by atoms with E-state index in [2.05, 4.69) is 19.2 Å². The van der Waals surface area contributed by atoms with Gasteiger partial charge in [-0.05, 0) is 38.1 Å². The van der Waals surface area contributed by atoms with Crippen molar-refractivity contribution in [3.05, 3.63) is 0 Å². The van der Waals surface area contributed by atoms with E-state index in [4.69, 9.17) is 5.11 Å². The number of aliphatic hydroxyl groups is 1. The van der Waals surface area contributed by atoms with E-state index in [0.717, 1.165) is 18.4 Å². The lowest BCUT2D eigenvalue weighted by molar-refractivity contribution is 0.295. The maximum Gasteiger partial charge on any atom is 0.0428 e. The summed E-state index contributed by atoms with van der Waals surface area (Å²) in [7, 11) is 0. The Kier molecular flexibility index (Phi) is 13.3. The quantitative estimate of drug-likeness (QED) is 0.726. The van der Waals surface area contributed by atoms with Gasteiger partial charge in [-0.1, -0.05) is 52.9 Å². The van der Waals surface area contributed by atoms with Crippen LogP contribution in [0.1, 0.15) is 78.6 Å². The Morgan fingerprint density at radius 2 is 1.61 bits per heavy atom. The van der Waals surface area contributed by atoms with Crippen LogP contribution < -0.4 is 5.32 Å². The van der Waals surface area contributed by atoms with Gasteiger partial charge in [0, 0.05) is 12.6 Å². The van der Waals surface area contributed by atoms with Gasteiger partial charge in [-0.2, -0.15) is 0 Å². The molecule has 2 N–H and O–H groups in total. The van der Waals surface area contributed by atoms with Crippen LogP contribution in [-0.2, 0) is 0 Å². The molecule has 2 atom stereocenters. The molecule has 0 heterocycles. The summed E-state index contributed by atoms with van der Waals surface area (Å²) in [6, 6.07) is 0.807. The molecular formula is C16H35NO. The van der Waals surface area contributed by atoms with E-state index in [9.17, 15) is 0 Å². The van der Waals surface area contributed by atoms with Gasteiger partial charge in [-0.3, -0.25) is 0 Å². The second-order valence-corrected chi connectivity index (χ2v) is 5.61. The number of aliphatic hydroxyl groups excluding tert-OH is 1. The van der Waals surface area contributed by atoms with E-state index in [1.54, 1.807) is 0 Å². The van der Waals surface area contributed by atoms with Crippen LogP contribution in [0.15, 0.2) is 0 Å². The van der Waals surface area contributed by atoms with Gasteiger partial charge in [0.2, 0.25) is 0 Å². The number of hydrogen-bond donors (Lipinski definition) is 2. The van der Waals surface area contributed by atoms with Gasteiger partial charge in [0.1, 0.15) is 0 Å².